The first-order chi connectivity index (χ1) is 27.2. The highest BCUT2D eigenvalue weighted by Crippen LogP contribution is 2.33. The zero-order valence-corrected chi connectivity index (χ0v) is 33.8. The van der Waals surface area contributed by atoms with Gasteiger partial charge in [0.05, 0.1) is 46.5 Å². The number of carbonyl (C=O) groups is 4. The molecule has 3 amide bonds. The number of rotatable bonds is 12. The van der Waals surface area contributed by atoms with Crippen LogP contribution in [0, 0.1) is 18.3 Å². The number of nitrogen functional groups attached to an aromatic ring is 1. The number of phenolic OH excluding ortho intramolecular Hbond substituents is 1. The van der Waals surface area contributed by atoms with E-state index >= 15 is 0 Å². The maximum atomic E-state index is 14.3. The molecule has 302 valence electrons. The number of amides is 3. The number of benzene rings is 2. The summed E-state index contributed by atoms with van der Waals surface area (Å²) in [5.74, 6) is -1.61. The molecule has 4 heterocycles. The molecule has 5 N–H and O–H groups in total. The van der Waals surface area contributed by atoms with Crippen LogP contribution in [-0.2, 0) is 30.5 Å². The lowest BCUT2D eigenvalue weighted by Crippen LogP contribution is -2.53. The Bertz CT molecular complexity index is 2080. The molecule has 0 aliphatic carbocycles. The minimum absolute atomic E-state index is 0.0735. The summed E-state index contributed by atoms with van der Waals surface area (Å²) in [5, 5.41) is 24.6. The van der Waals surface area contributed by atoms with Crippen LogP contribution in [0.1, 0.15) is 45.4 Å². The van der Waals surface area contributed by atoms with E-state index in [4.69, 9.17) is 10.5 Å². The van der Waals surface area contributed by atoms with E-state index in [2.05, 4.69) is 30.7 Å². The molecule has 0 bridgehead atoms. The summed E-state index contributed by atoms with van der Waals surface area (Å²) in [7, 11) is 0. The van der Waals surface area contributed by atoms with Crippen molar-refractivity contribution in [3.8, 4) is 27.4 Å². The van der Waals surface area contributed by atoms with Crippen molar-refractivity contribution in [2.45, 2.75) is 59.7 Å². The number of piperazine rings is 1. The van der Waals surface area contributed by atoms with Crippen LogP contribution in [0.25, 0.3) is 21.7 Å². The molecule has 0 spiro atoms. The second-order valence-corrected chi connectivity index (χ2v) is 16.5. The molecule has 0 unspecified atom stereocenters. The van der Waals surface area contributed by atoms with Gasteiger partial charge in [0.2, 0.25) is 17.7 Å². The van der Waals surface area contributed by atoms with Crippen molar-refractivity contribution in [2.24, 2.45) is 11.3 Å². The number of carbonyl (C=O) groups excluding carboxylic acids is 4. The lowest BCUT2D eigenvalue weighted by Gasteiger charge is -2.36. The fraction of sp³-hybridized carbons (Fsp3) is 0.439. The number of hydrogen-bond donors (Lipinski definition) is 4. The van der Waals surface area contributed by atoms with Gasteiger partial charge in [0.25, 0.3) is 0 Å². The molecule has 6 rings (SSSR count). The van der Waals surface area contributed by atoms with Gasteiger partial charge in [-0.25, -0.2) is 4.98 Å². The first-order valence-corrected chi connectivity index (χ1v) is 20.0. The molecule has 2 aliphatic heterocycles. The number of phenols is 1. The van der Waals surface area contributed by atoms with Crippen LogP contribution in [0.3, 0.4) is 0 Å². The van der Waals surface area contributed by atoms with E-state index < -0.39 is 29.4 Å². The summed E-state index contributed by atoms with van der Waals surface area (Å²) in [6.45, 7) is 12.0. The molecule has 0 saturated carbocycles. The minimum Gasteiger partial charge on any atom is -0.507 e. The van der Waals surface area contributed by atoms with Crippen molar-refractivity contribution in [1.82, 2.24) is 35.6 Å². The molecule has 2 fully saturated rings. The molecule has 2 saturated heterocycles. The number of aryl methyl sites for hydroxylation is 1. The standard InChI is InChI=1S/C41H51N9O6S/c1-25-37(57-24-45-25)28-12-10-27(11-13-28)20-44-39(54)34-18-29(56-26(2)51)22-50(34)40(55)31(41(3,4)5)21-43-36(53)23-48-14-16-49(17-15-48)33-19-32(46-47-38(33)42)30-8-6-7-9-35(30)52/h6-13,19,24,29,31,34,52H,14-18,20-23H2,1-5H3,(H2,42,47)(H,43,53)(H,44,54)/t29-,31-,34+/m1/s1. The van der Waals surface area contributed by atoms with E-state index in [1.165, 1.54) is 11.8 Å². The molecule has 3 atom stereocenters. The average molecular weight is 798 g/mol. The lowest BCUT2D eigenvalue weighted by molar-refractivity contribution is -0.148. The van der Waals surface area contributed by atoms with E-state index in [1.807, 2.05) is 74.5 Å². The summed E-state index contributed by atoms with van der Waals surface area (Å²) in [6.07, 6.45) is -0.457. The first kappa shape index (κ1) is 41.0. The van der Waals surface area contributed by atoms with Crippen LogP contribution in [0.15, 0.2) is 60.1 Å². The van der Waals surface area contributed by atoms with Gasteiger partial charge in [-0.3, -0.25) is 24.1 Å². The number of nitrogens with zero attached hydrogens (tertiary/aromatic N) is 6. The third-order valence-electron chi connectivity index (χ3n) is 10.5. The lowest BCUT2D eigenvalue weighted by atomic mass is 9.79. The molecule has 15 nitrogen and oxygen atoms in total. The molecule has 2 aromatic heterocycles. The van der Waals surface area contributed by atoms with Crippen molar-refractivity contribution in [3.63, 3.8) is 0 Å². The fourth-order valence-corrected chi connectivity index (χ4v) is 8.13. The minimum atomic E-state index is -0.850. The third-order valence-corrected chi connectivity index (χ3v) is 11.5. The van der Waals surface area contributed by atoms with Crippen LogP contribution in [0.2, 0.25) is 0 Å². The molecule has 2 aromatic carbocycles. The van der Waals surface area contributed by atoms with Crippen LogP contribution in [0.5, 0.6) is 5.75 Å². The summed E-state index contributed by atoms with van der Waals surface area (Å²) in [4.78, 5) is 64.3. The number of para-hydroxylation sites is 1. The second kappa shape index (κ2) is 17.7. The van der Waals surface area contributed by atoms with Gasteiger partial charge < -0.3 is 36.0 Å². The molecule has 57 heavy (non-hydrogen) atoms. The Hall–Kier alpha value is -5.61. The van der Waals surface area contributed by atoms with E-state index in [0.29, 0.717) is 43.1 Å². The zero-order valence-electron chi connectivity index (χ0n) is 33.0. The van der Waals surface area contributed by atoms with Crippen molar-refractivity contribution in [3.05, 3.63) is 71.4 Å². The monoisotopic (exact) mass is 797 g/mol. The number of anilines is 2. The largest absolute Gasteiger partial charge is 0.507 e. The highest BCUT2D eigenvalue weighted by Gasteiger charge is 2.45. The number of thiazole rings is 1. The number of likely N-dealkylation sites (tertiary alicyclic amines) is 1. The maximum Gasteiger partial charge on any atom is 0.302 e. The normalized spacial score (nSPS) is 17.9. The van der Waals surface area contributed by atoms with Gasteiger partial charge in [-0.1, -0.05) is 57.2 Å². The zero-order chi connectivity index (χ0) is 40.9. The van der Waals surface area contributed by atoms with Crippen LogP contribution in [-0.4, -0.2) is 112 Å². The molecule has 4 aromatic rings. The predicted molar refractivity (Wildman–Crippen MR) is 218 cm³/mol. The maximum absolute atomic E-state index is 14.3. The molecule has 2 aliphatic rings. The Balaban J connectivity index is 1.05. The predicted octanol–water partition coefficient (Wildman–Crippen LogP) is 3.61. The van der Waals surface area contributed by atoms with Gasteiger partial charge in [0, 0.05) is 58.2 Å². The van der Waals surface area contributed by atoms with Gasteiger partial charge in [0.1, 0.15) is 17.9 Å². The van der Waals surface area contributed by atoms with Gasteiger partial charge in [-0.2, -0.15) is 0 Å². The average Bonchev–Trinajstić information content (AvgIpc) is 3.80. The number of nitrogens with one attached hydrogen (secondary N) is 2. The summed E-state index contributed by atoms with van der Waals surface area (Å²) in [5.41, 5.74) is 12.1. The topological polar surface area (TPSA) is 196 Å². The van der Waals surface area contributed by atoms with E-state index in [9.17, 15) is 24.3 Å². The smallest absolute Gasteiger partial charge is 0.302 e. The summed E-state index contributed by atoms with van der Waals surface area (Å²) >= 11 is 1.57. The Morgan fingerprint density at radius 3 is 2.39 bits per heavy atom. The third kappa shape index (κ3) is 10.0. The van der Waals surface area contributed by atoms with E-state index in [1.54, 1.807) is 29.5 Å². The van der Waals surface area contributed by atoms with Gasteiger partial charge in [-0.05, 0) is 41.7 Å². The number of nitrogens with two attached hydrogens (primary N) is 1. The van der Waals surface area contributed by atoms with Crippen molar-refractivity contribution in [1.29, 1.82) is 0 Å². The molecular formula is C41H51N9O6S. The van der Waals surface area contributed by atoms with Gasteiger partial charge in [-0.15, -0.1) is 21.5 Å². The number of esters is 1. The molecule has 16 heteroatoms. The fourth-order valence-electron chi connectivity index (χ4n) is 7.32. The van der Waals surface area contributed by atoms with Crippen LogP contribution < -0.4 is 21.3 Å². The Labute approximate surface area is 336 Å². The molecular weight excluding hydrogens is 747 g/mol. The Morgan fingerprint density at radius 2 is 1.74 bits per heavy atom. The highest BCUT2D eigenvalue weighted by molar-refractivity contribution is 7.13. The SMILES string of the molecule is CC(=O)O[C@@H]1C[C@@H](C(=O)NCc2ccc(-c3scnc3C)cc2)N(C(=O)[C@@H](CNC(=O)CN2CCN(c3cc(-c4ccccc4O)nnc3N)CC2)C(C)(C)C)C1. The first-order valence-electron chi connectivity index (χ1n) is 19.1. The van der Waals surface area contributed by atoms with E-state index in [0.717, 1.165) is 21.7 Å². The highest BCUT2D eigenvalue weighted by atomic mass is 32.1. The summed E-state index contributed by atoms with van der Waals surface area (Å²) in [6, 6.07) is 15.8. The van der Waals surface area contributed by atoms with Gasteiger partial charge >= 0.3 is 5.97 Å². The number of aromatic hydroxyl groups is 1. The Morgan fingerprint density at radius 1 is 1.02 bits per heavy atom. The second-order valence-electron chi connectivity index (χ2n) is 15.7. The molecule has 0 radical (unpaired) electrons. The Kier molecular flexibility index (Phi) is 12.7. The number of hydrogen-bond acceptors (Lipinski definition) is 13. The van der Waals surface area contributed by atoms with Gasteiger partial charge in [0.15, 0.2) is 5.82 Å². The van der Waals surface area contributed by atoms with Crippen LogP contribution in [0.4, 0.5) is 11.5 Å². The van der Waals surface area contributed by atoms with Crippen molar-refractivity contribution >= 4 is 46.5 Å². The summed E-state index contributed by atoms with van der Waals surface area (Å²) < 4.78 is 5.49. The number of ether oxygens (including phenoxy) is 1. The number of aromatic nitrogens is 3. The van der Waals surface area contributed by atoms with Crippen molar-refractivity contribution in [2.75, 3.05) is 56.4 Å². The van der Waals surface area contributed by atoms with E-state index in [-0.39, 0.29) is 61.9 Å². The quantitative estimate of drug-likeness (QED) is 0.152. The van der Waals surface area contributed by atoms with Crippen LogP contribution >= 0.6 is 11.3 Å². The van der Waals surface area contributed by atoms with Crippen molar-refractivity contribution < 1.29 is 29.0 Å².